The monoisotopic (exact) mass is 413 g/mol. The van der Waals surface area contributed by atoms with E-state index in [-0.39, 0.29) is 29.2 Å². The first-order valence-electron chi connectivity index (χ1n) is 9.78. The number of ketones is 1. The van der Waals surface area contributed by atoms with Gasteiger partial charge in [-0.15, -0.1) is 11.3 Å². The molecule has 3 heterocycles. The zero-order valence-electron chi connectivity index (χ0n) is 16.2. The van der Waals surface area contributed by atoms with Gasteiger partial charge in [0.15, 0.2) is 5.76 Å². The third-order valence-corrected chi connectivity index (χ3v) is 6.14. The largest absolute Gasteiger partial charge is 0.507 e. The molecule has 29 heavy (non-hydrogen) atoms. The number of nitrogens with zero attached hydrogens (tertiary/aromatic N) is 1. The summed E-state index contributed by atoms with van der Waals surface area (Å²) in [6.45, 7) is 4.12. The van der Waals surface area contributed by atoms with Crippen LogP contribution in [0.2, 0.25) is 0 Å². The minimum absolute atomic E-state index is 0.0700. The van der Waals surface area contributed by atoms with E-state index in [1.54, 1.807) is 18.2 Å². The lowest BCUT2D eigenvalue weighted by atomic mass is 9.96. The Labute approximate surface area is 173 Å². The molecule has 1 N–H and O–H groups in total. The van der Waals surface area contributed by atoms with Gasteiger partial charge in [0.25, 0.3) is 0 Å². The van der Waals surface area contributed by atoms with Gasteiger partial charge in [-0.05, 0) is 56.4 Å². The van der Waals surface area contributed by atoms with Crippen molar-refractivity contribution in [2.24, 2.45) is 5.92 Å². The van der Waals surface area contributed by atoms with Crippen molar-refractivity contribution >= 4 is 29.2 Å². The summed E-state index contributed by atoms with van der Waals surface area (Å²) in [7, 11) is 0. The second-order valence-electron chi connectivity index (χ2n) is 7.20. The number of ether oxygens (including phenoxy) is 2. The Kier molecular flexibility index (Phi) is 5.69. The summed E-state index contributed by atoms with van der Waals surface area (Å²) < 4.78 is 11.0. The van der Waals surface area contributed by atoms with Crippen molar-refractivity contribution < 1.29 is 24.2 Å². The molecule has 0 atom stereocenters. The molecule has 0 unspecified atom stereocenters. The summed E-state index contributed by atoms with van der Waals surface area (Å²) >= 11 is 1.53. The van der Waals surface area contributed by atoms with Crippen molar-refractivity contribution in [3.63, 3.8) is 0 Å². The minimum atomic E-state index is -0.171. The molecule has 1 aromatic heterocycles. The highest BCUT2D eigenvalue weighted by Crippen LogP contribution is 2.40. The molecule has 2 aromatic rings. The van der Waals surface area contributed by atoms with E-state index in [0.29, 0.717) is 30.0 Å². The molecule has 152 valence electrons. The van der Waals surface area contributed by atoms with E-state index in [4.69, 9.17) is 9.47 Å². The number of phenols is 1. The van der Waals surface area contributed by atoms with Gasteiger partial charge < -0.3 is 14.6 Å². The molecular formula is C22H23NO5S. The summed E-state index contributed by atoms with van der Waals surface area (Å²) in [5, 5.41) is 12.4. The Balaban J connectivity index is 1.50. The Morgan fingerprint density at radius 3 is 2.83 bits per heavy atom. The lowest BCUT2D eigenvalue weighted by molar-refractivity contribution is -0.149. The average Bonchev–Trinajstić information content (AvgIpc) is 3.34. The maximum Gasteiger partial charge on any atom is 0.309 e. The number of hydrogen-bond acceptors (Lipinski definition) is 7. The van der Waals surface area contributed by atoms with Crippen LogP contribution in [-0.2, 0) is 16.1 Å². The first kappa shape index (κ1) is 19.7. The van der Waals surface area contributed by atoms with Crippen LogP contribution in [0.5, 0.6) is 11.5 Å². The first-order chi connectivity index (χ1) is 14.1. The molecule has 1 aromatic carbocycles. The predicted octanol–water partition coefficient (Wildman–Crippen LogP) is 3.85. The number of phenolic OH excluding ortho intramolecular Hbond substituents is 1. The fourth-order valence-electron chi connectivity index (χ4n) is 3.76. The zero-order chi connectivity index (χ0) is 20.4. The number of hydrogen-bond donors (Lipinski definition) is 1. The van der Waals surface area contributed by atoms with Gasteiger partial charge in [0.1, 0.15) is 11.5 Å². The van der Waals surface area contributed by atoms with E-state index >= 15 is 0 Å². The van der Waals surface area contributed by atoms with Crippen molar-refractivity contribution in [2.75, 3.05) is 19.7 Å². The second kappa shape index (κ2) is 8.39. The van der Waals surface area contributed by atoms with Gasteiger partial charge in [0.05, 0.1) is 23.7 Å². The smallest absolute Gasteiger partial charge is 0.309 e. The summed E-state index contributed by atoms with van der Waals surface area (Å²) in [5.41, 5.74) is 1.09. The molecule has 0 saturated carbocycles. The SMILES string of the molecule is CCOC(=O)C1CCN(Cc2c(O)ccc3c2O/C(=C/c2cccs2)C3=O)CC1. The Bertz CT molecular complexity index is 942. The summed E-state index contributed by atoms with van der Waals surface area (Å²) in [5.74, 6) is 0.449. The summed E-state index contributed by atoms with van der Waals surface area (Å²) in [6, 6.07) is 7.00. The molecule has 0 radical (unpaired) electrons. The van der Waals surface area contributed by atoms with Gasteiger partial charge in [-0.2, -0.15) is 0 Å². The van der Waals surface area contributed by atoms with E-state index < -0.39 is 0 Å². The number of benzene rings is 1. The normalized spacial score (nSPS) is 18.7. The molecule has 0 amide bonds. The van der Waals surface area contributed by atoms with Crippen molar-refractivity contribution in [1.82, 2.24) is 4.90 Å². The topological polar surface area (TPSA) is 76.1 Å². The van der Waals surface area contributed by atoms with Crippen molar-refractivity contribution in [3.05, 3.63) is 51.4 Å². The lowest BCUT2D eigenvalue weighted by Crippen LogP contribution is -2.36. The number of likely N-dealkylation sites (tertiary alicyclic amines) is 1. The number of Topliss-reactive ketones (excluding diaryl/α,β-unsaturated/α-hetero) is 1. The fraction of sp³-hybridized carbons (Fsp3) is 0.364. The molecule has 0 spiro atoms. The van der Waals surface area contributed by atoms with Crippen molar-refractivity contribution in [3.8, 4) is 11.5 Å². The van der Waals surface area contributed by atoms with Crippen LogP contribution in [0.25, 0.3) is 6.08 Å². The number of carbonyl (C=O) groups excluding carboxylic acids is 2. The summed E-state index contributed by atoms with van der Waals surface area (Å²) in [4.78, 5) is 27.8. The van der Waals surface area contributed by atoms with Crippen LogP contribution >= 0.6 is 11.3 Å². The van der Waals surface area contributed by atoms with Crippen LogP contribution < -0.4 is 4.74 Å². The Morgan fingerprint density at radius 1 is 1.34 bits per heavy atom. The standard InChI is InChI=1S/C22H23NO5S/c1-2-27-22(26)14-7-9-23(10-8-14)13-17-18(24)6-5-16-20(25)19(28-21(16)17)12-15-4-3-11-29-15/h3-6,11-12,14,24H,2,7-10,13H2,1H3/b19-12+. The lowest BCUT2D eigenvalue weighted by Gasteiger charge is -2.31. The van der Waals surface area contributed by atoms with E-state index in [0.717, 1.165) is 30.8 Å². The number of piperidine rings is 1. The van der Waals surface area contributed by atoms with Gasteiger partial charge in [-0.1, -0.05) is 6.07 Å². The molecular weight excluding hydrogens is 390 g/mol. The quantitative estimate of drug-likeness (QED) is 0.593. The molecule has 0 bridgehead atoms. The number of thiophene rings is 1. The van der Waals surface area contributed by atoms with Gasteiger partial charge in [0, 0.05) is 17.5 Å². The molecule has 1 saturated heterocycles. The minimum Gasteiger partial charge on any atom is -0.507 e. The first-order valence-corrected chi connectivity index (χ1v) is 10.7. The third kappa shape index (κ3) is 4.06. The van der Waals surface area contributed by atoms with Crippen molar-refractivity contribution in [1.29, 1.82) is 0 Å². The van der Waals surface area contributed by atoms with Gasteiger partial charge in [-0.25, -0.2) is 0 Å². The predicted molar refractivity (Wildman–Crippen MR) is 110 cm³/mol. The number of allylic oxidation sites excluding steroid dienone is 1. The fourth-order valence-corrected chi connectivity index (χ4v) is 4.41. The number of fused-ring (bicyclic) bond motifs is 1. The zero-order valence-corrected chi connectivity index (χ0v) is 17.0. The van der Waals surface area contributed by atoms with Gasteiger partial charge >= 0.3 is 5.97 Å². The van der Waals surface area contributed by atoms with E-state index in [1.807, 2.05) is 24.4 Å². The van der Waals surface area contributed by atoms with E-state index in [1.165, 1.54) is 11.3 Å². The molecule has 4 rings (SSSR count). The number of esters is 1. The van der Waals surface area contributed by atoms with Crippen LogP contribution in [-0.4, -0.2) is 41.5 Å². The maximum absolute atomic E-state index is 12.7. The van der Waals surface area contributed by atoms with Crippen LogP contribution in [0, 0.1) is 5.92 Å². The maximum atomic E-state index is 12.7. The summed E-state index contributed by atoms with van der Waals surface area (Å²) in [6.07, 6.45) is 3.18. The van der Waals surface area contributed by atoms with Gasteiger partial charge in [-0.3, -0.25) is 14.5 Å². The highest BCUT2D eigenvalue weighted by atomic mass is 32.1. The number of rotatable bonds is 5. The Hall–Kier alpha value is -2.64. The molecule has 2 aliphatic rings. The molecule has 7 heteroatoms. The van der Waals surface area contributed by atoms with Crippen molar-refractivity contribution in [2.45, 2.75) is 26.3 Å². The van der Waals surface area contributed by atoms with Crippen LogP contribution in [0.3, 0.4) is 0 Å². The Morgan fingerprint density at radius 2 is 2.14 bits per heavy atom. The molecule has 0 aliphatic carbocycles. The average molecular weight is 413 g/mol. The molecule has 2 aliphatic heterocycles. The number of aromatic hydroxyl groups is 1. The molecule has 6 nitrogen and oxygen atoms in total. The van der Waals surface area contributed by atoms with E-state index in [9.17, 15) is 14.7 Å². The van der Waals surface area contributed by atoms with Crippen LogP contribution in [0.1, 0.15) is 40.6 Å². The second-order valence-corrected chi connectivity index (χ2v) is 8.18. The van der Waals surface area contributed by atoms with Gasteiger partial charge in [0.2, 0.25) is 5.78 Å². The van der Waals surface area contributed by atoms with Crippen LogP contribution in [0.4, 0.5) is 0 Å². The highest BCUT2D eigenvalue weighted by Gasteiger charge is 2.33. The number of carbonyl (C=O) groups is 2. The third-order valence-electron chi connectivity index (χ3n) is 5.32. The molecule has 1 fully saturated rings. The highest BCUT2D eigenvalue weighted by molar-refractivity contribution is 7.10. The van der Waals surface area contributed by atoms with Crippen LogP contribution in [0.15, 0.2) is 35.4 Å². The van der Waals surface area contributed by atoms with E-state index in [2.05, 4.69) is 4.90 Å².